The Morgan fingerprint density at radius 2 is 1.95 bits per heavy atom. The van der Waals surface area contributed by atoms with Gasteiger partial charge in [-0.25, -0.2) is 0 Å². The quantitative estimate of drug-likeness (QED) is 0.594. The van der Waals surface area contributed by atoms with E-state index in [9.17, 15) is 4.79 Å². The Morgan fingerprint density at radius 1 is 1.24 bits per heavy atom. The van der Waals surface area contributed by atoms with Crippen LogP contribution in [0.3, 0.4) is 0 Å². The number of benzene rings is 1. The molecule has 1 aromatic rings. The lowest BCUT2D eigenvalue weighted by atomic mass is 9.77. The summed E-state index contributed by atoms with van der Waals surface area (Å²) in [7, 11) is 0. The lowest BCUT2D eigenvalue weighted by Crippen LogP contribution is -2.32. The minimum atomic E-state index is -0.276. The van der Waals surface area contributed by atoms with Crippen molar-refractivity contribution in [3.63, 3.8) is 0 Å². The summed E-state index contributed by atoms with van der Waals surface area (Å²) in [6.07, 6.45) is 5.04. The van der Waals surface area contributed by atoms with E-state index < -0.39 is 0 Å². The highest BCUT2D eigenvalue weighted by Crippen LogP contribution is 2.32. The standard InChI is InChI=1S/C18H27ClO2/c1-5-7-11-18(4,10-6-2)17(20)13-21-16-9-8-14(3)12-15(16)19/h8-9,12H,5-7,10-11,13H2,1-4H3. The molecule has 1 atom stereocenters. The van der Waals surface area contributed by atoms with Crippen LogP contribution in [-0.2, 0) is 4.79 Å². The van der Waals surface area contributed by atoms with Crippen LogP contribution >= 0.6 is 11.6 Å². The molecule has 0 aliphatic rings. The normalized spacial score (nSPS) is 13.8. The van der Waals surface area contributed by atoms with E-state index in [-0.39, 0.29) is 17.8 Å². The number of hydrogen-bond donors (Lipinski definition) is 0. The van der Waals surface area contributed by atoms with E-state index in [0.29, 0.717) is 10.8 Å². The topological polar surface area (TPSA) is 26.3 Å². The van der Waals surface area contributed by atoms with Crippen LogP contribution < -0.4 is 4.74 Å². The molecule has 0 saturated heterocycles. The number of carbonyl (C=O) groups is 1. The molecule has 0 amide bonds. The van der Waals surface area contributed by atoms with Crippen LogP contribution in [0, 0.1) is 12.3 Å². The zero-order chi connectivity index (χ0) is 15.9. The number of Topliss-reactive ketones (excluding diaryl/α,β-unsaturated/α-hetero) is 1. The van der Waals surface area contributed by atoms with Crippen LogP contribution in [0.15, 0.2) is 18.2 Å². The van der Waals surface area contributed by atoms with Gasteiger partial charge in [0.2, 0.25) is 0 Å². The first kappa shape index (κ1) is 18.0. The molecule has 2 nitrogen and oxygen atoms in total. The Bertz CT molecular complexity index is 470. The van der Waals surface area contributed by atoms with Crippen LogP contribution in [0.5, 0.6) is 5.75 Å². The minimum absolute atomic E-state index is 0.100. The van der Waals surface area contributed by atoms with E-state index in [4.69, 9.17) is 16.3 Å². The van der Waals surface area contributed by atoms with Crippen molar-refractivity contribution in [2.24, 2.45) is 5.41 Å². The summed E-state index contributed by atoms with van der Waals surface area (Å²) in [5.41, 5.74) is 0.805. The van der Waals surface area contributed by atoms with E-state index in [1.807, 2.05) is 25.1 Å². The summed E-state index contributed by atoms with van der Waals surface area (Å²) in [6, 6.07) is 5.62. The number of halogens is 1. The Hall–Kier alpha value is -1.02. The number of hydrogen-bond acceptors (Lipinski definition) is 2. The second kappa shape index (κ2) is 8.43. The van der Waals surface area contributed by atoms with E-state index in [0.717, 1.165) is 37.7 Å². The fourth-order valence-electron chi connectivity index (χ4n) is 2.56. The molecule has 0 bridgehead atoms. The highest BCUT2D eigenvalue weighted by atomic mass is 35.5. The summed E-state index contributed by atoms with van der Waals surface area (Å²) in [4.78, 5) is 12.5. The van der Waals surface area contributed by atoms with Gasteiger partial charge in [-0.05, 0) is 37.5 Å². The van der Waals surface area contributed by atoms with Crippen molar-refractivity contribution < 1.29 is 9.53 Å². The zero-order valence-electron chi connectivity index (χ0n) is 13.7. The molecular weight excluding hydrogens is 284 g/mol. The Kier molecular flexibility index (Phi) is 7.24. The van der Waals surface area contributed by atoms with Gasteiger partial charge >= 0.3 is 0 Å². The molecule has 0 saturated carbocycles. The molecule has 0 spiro atoms. The van der Waals surface area contributed by atoms with Crippen LogP contribution in [0.25, 0.3) is 0 Å². The Morgan fingerprint density at radius 3 is 2.52 bits per heavy atom. The van der Waals surface area contributed by atoms with E-state index in [2.05, 4.69) is 20.8 Å². The predicted octanol–water partition coefficient (Wildman–Crippen LogP) is 5.59. The fourth-order valence-corrected chi connectivity index (χ4v) is 2.85. The molecule has 1 rings (SSSR count). The molecule has 0 N–H and O–H groups in total. The smallest absolute Gasteiger partial charge is 0.176 e. The van der Waals surface area contributed by atoms with Crippen molar-refractivity contribution in [1.29, 1.82) is 0 Å². The zero-order valence-corrected chi connectivity index (χ0v) is 14.4. The van der Waals surface area contributed by atoms with Gasteiger partial charge in [-0.1, -0.05) is 57.7 Å². The third-order valence-electron chi connectivity index (χ3n) is 4.00. The number of unbranched alkanes of at least 4 members (excludes halogenated alkanes) is 1. The summed E-state index contributed by atoms with van der Waals surface area (Å²) in [5.74, 6) is 0.763. The number of rotatable bonds is 9. The van der Waals surface area contributed by atoms with Crippen LogP contribution in [0.2, 0.25) is 5.02 Å². The largest absolute Gasteiger partial charge is 0.484 e. The molecule has 3 heteroatoms. The molecule has 0 aliphatic carbocycles. The van der Waals surface area contributed by atoms with Crippen molar-refractivity contribution in [2.75, 3.05) is 6.61 Å². The molecule has 0 aliphatic heterocycles. The first-order chi connectivity index (χ1) is 9.92. The maximum Gasteiger partial charge on any atom is 0.176 e. The third-order valence-corrected chi connectivity index (χ3v) is 4.30. The van der Waals surface area contributed by atoms with Gasteiger partial charge in [-0.15, -0.1) is 0 Å². The molecule has 118 valence electrons. The molecule has 0 radical (unpaired) electrons. The van der Waals surface area contributed by atoms with Crippen LogP contribution in [0.1, 0.15) is 58.4 Å². The van der Waals surface area contributed by atoms with Crippen molar-refractivity contribution in [2.45, 2.75) is 59.8 Å². The number of ether oxygens (including phenoxy) is 1. The fraction of sp³-hybridized carbons (Fsp3) is 0.611. The van der Waals surface area contributed by atoms with E-state index >= 15 is 0 Å². The second-order valence-corrected chi connectivity index (χ2v) is 6.47. The average molecular weight is 311 g/mol. The van der Waals surface area contributed by atoms with Gasteiger partial charge in [0.1, 0.15) is 12.4 Å². The lowest BCUT2D eigenvalue weighted by Gasteiger charge is -2.27. The van der Waals surface area contributed by atoms with E-state index in [1.165, 1.54) is 0 Å². The van der Waals surface area contributed by atoms with Crippen molar-refractivity contribution in [1.82, 2.24) is 0 Å². The van der Waals surface area contributed by atoms with Crippen molar-refractivity contribution >= 4 is 17.4 Å². The molecule has 0 aromatic heterocycles. The Labute approximate surface area is 133 Å². The third kappa shape index (κ3) is 5.35. The SMILES string of the molecule is CCCCC(C)(CCC)C(=O)COc1ccc(C)cc1Cl. The van der Waals surface area contributed by atoms with E-state index in [1.54, 1.807) is 0 Å². The second-order valence-electron chi connectivity index (χ2n) is 6.06. The summed E-state index contributed by atoms with van der Waals surface area (Å²) < 4.78 is 5.64. The van der Waals surface area contributed by atoms with Gasteiger partial charge in [-0.2, -0.15) is 0 Å². The number of ketones is 1. The molecular formula is C18H27ClO2. The van der Waals surface area contributed by atoms with Gasteiger partial charge in [0, 0.05) is 5.41 Å². The van der Waals surface area contributed by atoms with Crippen LogP contribution in [-0.4, -0.2) is 12.4 Å². The predicted molar refractivity (Wildman–Crippen MR) is 89.2 cm³/mol. The van der Waals surface area contributed by atoms with Gasteiger partial charge in [0.15, 0.2) is 5.78 Å². The lowest BCUT2D eigenvalue weighted by molar-refractivity contribution is -0.131. The summed E-state index contributed by atoms with van der Waals surface area (Å²) >= 11 is 6.14. The summed E-state index contributed by atoms with van der Waals surface area (Å²) in [6.45, 7) is 8.41. The van der Waals surface area contributed by atoms with Crippen LogP contribution in [0.4, 0.5) is 0 Å². The number of aryl methyl sites for hydroxylation is 1. The molecule has 1 aromatic carbocycles. The monoisotopic (exact) mass is 310 g/mol. The van der Waals surface area contributed by atoms with Crippen molar-refractivity contribution in [3.05, 3.63) is 28.8 Å². The Balaban J connectivity index is 2.68. The maximum atomic E-state index is 12.5. The highest BCUT2D eigenvalue weighted by molar-refractivity contribution is 6.32. The highest BCUT2D eigenvalue weighted by Gasteiger charge is 2.31. The maximum absolute atomic E-state index is 12.5. The van der Waals surface area contributed by atoms with Gasteiger partial charge in [-0.3, -0.25) is 4.79 Å². The van der Waals surface area contributed by atoms with Crippen molar-refractivity contribution in [3.8, 4) is 5.75 Å². The molecule has 0 heterocycles. The van der Waals surface area contributed by atoms with Gasteiger partial charge in [0.05, 0.1) is 5.02 Å². The number of carbonyl (C=O) groups excluding carboxylic acids is 1. The molecule has 0 fully saturated rings. The van der Waals surface area contributed by atoms with Gasteiger partial charge < -0.3 is 4.74 Å². The first-order valence-electron chi connectivity index (χ1n) is 7.85. The van der Waals surface area contributed by atoms with Gasteiger partial charge in [0.25, 0.3) is 0 Å². The molecule has 1 unspecified atom stereocenters. The summed E-state index contributed by atoms with van der Waals surface area (Å²) in [5, 5.41) is 0.563. The average Bonchev–Trinajstić information content (AvgIpc) is 2.44. The first-order valence-corrected chi connectivity index (χ1v) is 8.23. The minimum Gasteiger partial charge on any atom is -0.484 e. The molecule has 21 heavy (non-hydrogen) atoms.